The maximum absolute atomic E-state index is 6.63. The molecule has 0 saturated heterocycles. The lowest BCUT2D eigenvalue weighted by Crippen LogP contribution is -2.11. The van der Waals surface area contributed by atoms with Crippen LogP contribution in [0.5, 0.6) is 0 Å². The molecule has 2 heterocycles. The quantitative estimate of drug-likeness (QED) is 0.162. The number of nitrogens with zero attached hydrogens (tertiary/aromatic N) is 2. The van der Waals surface area contributed by atoms with Crippen molar-refractivity contribution < 1.29 is 8.83 Å². The molecule has 0 bridgehead atoms. The van der Waals surface area contributed by atoms with Gasteiger partial charge < -0.3 is 13.7 Å². The number of rotatable bonds is 6. The van der Waals surface area contributed by atoms with Gasteiger partial charge in [-0.3, -0.25) is 0 Å². The summed E-state index contributed by atoms with van der Waals surface area (Å²) in [6.07, 6.45) is 0. The van der Waals surface area contributed by atoms with Gasteiger partial charge in [0.1, 0.15) is 16.7 Å². The van der Waals surface area contributed by atoms with Crippen LogP contribution in [0.15, 0.2) is 203 Å². The zero-order valence-electron chi connectivity index (χ0n) is 29.7. The van der Waals surface area contributed by atoms with E-state index in [9.17, 15) is 0 Å². The van der Waals surface area contributed by atoms with E-state index in [1.807, 2.05) is 36.4 Å². The average Bonchev–Trinajstić information content (AvgIpc) is 3.85. The normalized spacial score (nSPS) is 11.6. The predicted octanol–water partition coefficient (Wildman–Crippen LogP) is 14.5. The molecule has 11 rings (SSSR count). The summed E-state index contributed by atoms with van der Waals surface area (Å²) >= 11 is 0. The van der Waals surface area contributed by atoms with Crippen LogP contribution in [-0.2, 0) is 0 Å². The number of anilines is 3. The van der Waals surface area contributed by atoms with E-state index >= 15 is 0 Å². The van der Waals surface area contributed by atoms with Crippen LogP contribution in [0.2, 0.25) is 0 Å². The highest BCUT2D eigenvalue weighted by Crippen LogP contribution is 2.44. The van der Waals surface area contributed by atoms with Crippen LogP contribution in [0.25, 0.3) is 88.3 Å². The van der Waals surface area contributed by atoms with Crippen LogP contribution in [0.3, 0.4) is 0 Å². The van der Waals surface area contributed by atoms with E-state index in [4.69, 9.17) is 13.8 Å². The van der Waals surface area contributed by atoms with Crippen molar-refractivity contribution in [3.8, 4) is 33.7 Å². The monoisotopic (exact) mass is 704 g/mol. The number of para-hydroxylation sites is 2. The van der Waals surface area contributed by atoms with Crippen LogP contribution in [-0.4, -0.2) is 4.98 Å². The maximum Gasteiger partial charge on any atom is 0.227 e. The fraction of sp³-hybridized carbons (Fsp3) is 0. The number of oxazole rings is 1. The number of benzene rings is 9. The Morgan fingerprint density at radius 2 is 1.02 bits per heavy atom. The molecule has 0 aliphatic heterocycles. The number of fused-ring (bicyclic) bond motifs is 7. The highest BCUT2D eigenvalue weighted by molar-refractivity contribution is 6.13. The smallest absolute Gasteiger partial charge is 0.227 e. The minimum absolute atomic E-state index is 0.603. The molecule has 0 amide bonds. The lowest BCUT2D eigenvalue weighted by atomic mass is 9.98. The molecule has 2 aromatic heterocycles. The number of hydrogen-bond donors (Lipinski definition) is 0. The zero-order chi connectivity index (χ0) is 36.3. The van der Waals surface area contributed by atoms with E-state index in [0.29, 0.717) is 5.89 Å². The number of aromatic nitrogens is 1. The molecule has 0 atom stereocenters. The molecule has 0 unspecified atom stereocenters. The van der Waals surface area contributed by atoms with Gasteiger partial charge in [0, 0.05) is 44.9 Å². The highest BCUT2D eigenvalue weighted by Gasteiger charge is 2.20. The van der Waals surface area contributed by atoms with Crippen molar-refractivity contribution in [2.75, 3.05) is 4.90 Å². The first-order valence-corrected chi connectivity index (χ1v) is 18.5. The van der Waals surface area contributed by atoms with Crippen LogP contribution in [0.4, 0.5) is 17.1 Å². The molecule has 0 spiro atoms. The SMILES string of the molecule is c1ccc(-c2nc3cc4oc5c(-c6ccc(N(c7ccc8ccc9ccccc9c8c7)c7ccccc7-c7ccccc7)cc6)cccc5c4cc3o2)cc1. The van der Waals surface area contributed by atoms with E-state index in [1.54, 1.807) is 0 Å². The predicted molar refractivity (Wildman–Crippen MR) is 227 cm³/mol. The second-order valence-electron chi connectivity index (χ2n) is 13.9. The third kappa shape index (κ3) is 5.26. The third-order valence-corrected chi connectivity index (χ3v) is 10.7. The van der Waals surface area contributed by atoms with Crippen molar-refractivity contribution >= 4 is 71.6 Å². The second-order valence-corrected chi connectivity index (χ2v) is 13.9. The maximum atomic E-state index is 6.63. The zero-order valence-corrected chi connectivity index (χ0v) is 29.7. The van der Waals surface area contributed by atoms with Crippen LogP contribution in [0.1, 0.15) is 0 Å². The number of furan rings is 1. The van der Waals surface area contributed by atoms with E-state index in [2.05, 4.69) is 163 Å². The molecule has 0 N–H and O–H groups in total. The summed E-state index contributed by atoms with van der Waals surface area (Å²) < 4.78 is 12.9. The summed E-state index contributed by atoms with van der Waals surface area (Å²) in [5, 5.41) is 6.96. The Labute approximate surface area is 317 Å². The molecule has 0 saturated carbocycles. The molecule has 0 aliphatic carbocycles. The first-order chi connectivity index (χ1) is 27.2. The van der Waals surface area contributed by atoms with Crippen molar-refractivity contribution in [3.05, 3.63) is 194 Å². The number of hydrogen-bond acceptors (Lipinski definition) is 4. The molecule has 9 aromatic carbocycles. The molecule has 0 fully saturated rings. The Morgan fingerprint density at radius 1 is 0.382 bits per heavy atom. The highest BCUT2D eigenvalue weighted by atomic mass is 16.4. The van der Waals surface area contributed by atoms with E-state index < -0.39 is 0 Å². The Balaban J connectivity index is 1.04. The lowest BCUT2D eigenvalue weighted by Gasteiger charge is -2.28. The molecule has 4 heteroatoms. The fourth-order valence-electron chi connectivity index (χ4n) is 8.03. The van der Waals surface area contributed by atoms with Crippen molar-refractivity contribution in [3.63, 3.8) is 0 Å². The lowest BCUT2D eigenvalue weighted by molar-refractivity contribution is 0.620. The molecule has 11 aromatic rings. The van der Waals surface area contributed by atoms with Gasteiger partial charge in [-0.05, 0) is 81.2 Å². The molecule has 258 valence electrons. The Hall–Kier alpha value is -7.43. The van der Waals surface area contributed by atoms with E-state index in [-0.39, 0.29) is 0 Å². The second kappa shape index (κ2) is 12.6. The Morgan fingerprint density at radius 3 is 1.85 bits per heavy atom. The van der Waals surface area contributed by atoms with Gasteiger partial charge in [-0.2, -0.15) is 0 Å². The minimum Gasteiger partial charge on any atom is -0.455 e. The third-order valence-electron chi connectivity index (χ3n) is 10.7. The average molecular weight is 705 g/mol. The van der Waals surface area contributed by atoms with Gasteiger partial charge >= 0.3 is 0 Å². The van der Waals surface area contributed by atoms with Gasteiger partial charge in [-0.15, -0.1) is 0 Å². The van der Waals surface area contributed by atoms with Crippen molar-refractivity contribution in [2.45, 2.75) is 0 Å². The van der Waals surface area contributed by atoms with Gasteiger partial charge in [0.25, 0.3) is 0 Å². The van der Waals surface area contributed by atoms with Crippen molar-refractivity contribution in [2.24, 2.45) is 0 Å². The van der Waals surface area contributed by atoms with Crippen LogP contribution < -0.4 is 4.90 Å². The Kier molecular flexibility index (Phi) is 7.14. The molecule has 4 nitrogen and oxygen atoms in total. The minimum atomic E-state index is 0.603. The van der Waals surface area contributed by atoms with E-state index in [1.165, 1.54) is 27.1 Å². The first-order valence-electron chi connectivity index (χ1n) is 18.5. The summed E-state index contributed by atoms with van der Waals surface area (Å²) in [6.45, 7) is 0. The summed E-state index contributed by atoms with van der Waals surface area (Å²) in [6, 6.07) is 68.3. The molecule has 0 radical (unpaired) electrons. The van der Waals surface area contributed by atoms with Gasteiger partial charge in [-0.25, -0.2) is 4.98 Å². The summed E-state index contributed by atoms with van der Waals surface area (Å²) in [5.41, 5.74) is 11.8. The topological polar surface area (TPSA) is 42.4 Å². The molecule has 55 heavy (non-hydrogen) atoms. The molecular weight excluding hydrogens is 673 g/mol. The van der Waals surface area contributed by atoms with Crippen molar-refractivity contribution in [1.82, 2.24) is 4.98 Å². The first kappa shape index (κ1) is 31.1. The van der Waals surface area contributed by atoms with E-state index in [0.717, 1.165) is 72.4 Å². The van der Waals surface area contributed by atoms with Gasteiger partial charge in [0.2, 0.25) is 5.89 Å². The van der Waals surface area contributed by atoms with Gasteiger partial charge in [-0.1, -0.05) is 140 Å². The Bertz CT molecular complexity index is 3200. The van der Waals surface area contributed by atoms with Gasteiger partial charge in [0.05, 0.1) is 5.69 Å². The summed E-state index contributed by atoms with van der Waals surface area (Å²) in [4.78, 5) is 7.16. The standard InChI is InChI=1S/C51H32N2O2/c1-3-12-33(13-4-1)41-18-9-10-21-47(41)53(39-29-26-36-23-22-34-14-7-8-17-40(34)44(36)30-39)38-27-24-35(25-28-38)42-19-11-20-43-45-31-49-46(32-48(45)54-50(42)43)52-51(55-49)37-15-5-2-6-16-37/h1-32H. The summed E-state index contributed by atoms with van der Waals surface area (Å²) in [7, 11) is 0. The summed E-state index contributed by atoms with van der Waals surface area (Å²) in [5.74, 6) is 0.603. The van der Waals surface area contributed by atoms with Crippen molar-refractivity contribution in [1.29, 1.82) is 0 Å². The molecular formula is C51H32N2O2. The fourth-order valence-corrected chi connectivity index (χ4v) is 8.03. The largest absolute Gasteiger partial charge is 0.455 e. The van der Waals surface area contributed by atoms with Crippen LogP contribution >= 0.6 is 0 Å². The molecule has 0 aliphatic rings. The van der Waals surface area contributed by atoms with Crippen LogP contribution in [0, 0.1) is 0 Å². The van der Waals surface area contributed by atoms with Gasteiger partial charge in [0.15, 0.2) is 5.58 Å².